The fourth-order valence-electron chi connectivity index (χ4n) is 1.79. The number of hydrogen-bond donors (Lipinski definition) is 1. The second-order valence-corrected chi connectivity index (χ2v) is 4.11. The Bertz CT molecular complexity index is 607. The van der Waals surface area contributed by atoms with Crippen LogP contribution in [0.2, 0.25) is 0 Å². The lowest BCUT2D eigenvalue weighted by Gasteiger charge is -2.20. The van der Waals surface area contributed by atoms with Crippen molar-refractivity contribution in [3.63, 3.8) is 0 Å². The first-order chi connectivity index (χ1) is 9.61. The van der Waals surface area contributed by atoms with Gasteiger partial charge in [0.05, 0.1) is 30.4 Å². The number of benzene rings is 1. The van der Waals surface area contributed by atoms with Gasteiger partial charge in [0.1, 0.15) is 5.69 Å². The molecule has 0 saturated carbocycles. The Kier molecular flexibility index (Phi) is 4.52. The molecule has 20 heavy (non-hydrogen) atoms. The van der Waals surface area contributed by atoms with Crippen LogP contribution in [0.4, 0.5) is 8.78 Å². The van der Waals surface area contributed by atoms with Gasteiger partial charge >= 0.3 is 0 Å². The minimum atomic E-state index is -2.67. The normalized spacial score (nSPS) is 11.0. The van der Waals surface area contributed by atoms with Crippen molar-refractivity contribution in [1.29, 1.82) is 0 Å². The minimum Gasteiger partial charge on any atom is -0.395 e. The zero-order chi connectivity index (χ0) is 14.5. The summed E-state index contributed by atoms with van der Waals surface area (Å²) in [6, 6.07) is 6.95. The number of aliphatic hydroxyl groups is 1. The van der Waals surface area contributed by atoms with E-state index in [-0.39, 0.29) is 18.8 Å². The van der Waals surface area contributed by atoms with Gasteiger partial charge in [-0.15, -0.1) is 0 Å². The average molecular weight is 281 g/mol. The molecule has 1 aromatic carbocycles. The van der Waals surface area contributed by atoms with Crippen molar-refractivity contribution in [3.8, 4) is 0 Å². The number of aliphatic hydroxyl groups excluding tert-OH is 1. The van der Waals surface area contributed by atoms with Gasteiger partial charge in [-0.1, -0.05) is 12.1 Å². The highest BCUT2D eigenvalue weighted by atomic mass is 19.3. The zero-order valence-corrected chi connectivity index (χ0v) is 10.5. The van der Waals surface area contributed by atoms with Gasteiger partial charge in [-0.2, -0.15) is 0 Å². The Morgan fingerprint density at radius 2 is 2.00 bits per heavy atom. The van der Waals surface area contributed by atoms with Crippen LogP contribution in [0.3, 0.4) is 0 Å². The highest BCUT2D eigenvalue weighted by Crippen LogP contribution is 2.11. The van der Waals surface area contributed by atoms with Gasteiger partial charge in [-0.05, 0) is 12.1 Å². The maximum absolute atomic E-state index is 12.4. The van der Waals surface area contributed by atoms with Gasteiger partial charge in [-0.3, -0.25) is 9.78 Å². The highest BCUT2D eigenvalue weighted by Gasteiger charge is 2.20. The van der Waals surface area contributed by atoms with E-state index >= 15 is 0 Å². The summed E-state index contributed by atoms with van der Waals surface area (Å²) in [5.41, 5.74) is 1.11. The summed E-state index contributed by atoms with van der Waals surface area (Å²) in [5, 5.41) is 8.84. The van der Waals surface area contributed by atoms with Crippen molar-refractivity contribution in [2.75, 3.05) is 19.7 Å². The van der Waals surface area contributed by atoms with Crippen LogP contribution < -0.4 is 0 Å². The lowest BCUT2D eigenvalue weighted by atomic mass is 10.3. The van der Waals surface area contributed by atoms with Crippen molar-refractivity contribution in [1.82, 2.24) is 14.9 Å². The minimum absolute atomic E-state index is 0.0159. The summed E-state index contributed by atoms with van der Waals surface area (Å²) in [7, 11) is 0. The van der Waals surface area contributed by atoms with Crippen molar-refractivity contribution < 1.29 is 18.7 Å². The molecule has 5 nitrogen and oxygen atoms in total. The number of para-hydroxylation sites is 2. The van der Waals surface area contributed by atoms with Gasteiger partial charge in [0.15, 0.2) is 0 Å². The molecule has 0 aliphatic carbocycles. The molecule has 1 N–H and O–H groups in total. The molecule has 0 saturated heterocycles. The predicted molar refractivity (Wildman–Crippen MR) is 68.5 cm³/mol. The predicted octanol–water partition coefficient (Wildman–Crippen LogP) is 1.33. The van der Waals surface area contributed by atoms with Crippen LogP contribution in [0.25, 0.3) is 11.0 Å². The molecule has 7 heteroatoms. The topological polar surface area (TPSA) is 66.3 Å². The quantitative estimate of drug-likeness (QED) is 0.898. The summed E-state index contributed by atoms with van der Waals surface area (Å²) < 4.78 is 24.9. The molecule has 0 fully saturated rings. The Hall–Kier alpha value is -2.15. The number of alkyl halides is 2. The van der Waals surface area contributed by atoms with E-state index in [1.165, 1.54) is 6.20 Å². The van der Waals surface area contributed by atoms with Crippen LogP contribution in [0.1, 0.15) is 10.5 Å². The molecule has 0 spiro atoms. The molecule has 2 rings (SSSR count). The molecule has 1 aromatic heterocycles. The number of rotatable bonds is 5. The number of aromatic nitrogens is 2. The number of amides is 1. The molecule has 0 unspecified atom stereocenters. The smallest absolute Gasteiger partial charge is 0.274 e. The van der Waals surface area contributed by atoms with Gasteiger partial charge in [0.25, 0.3) is 12.3 Å². The lowest BCUT2D eigenvalue weighted by molar-refractivity contribution is 0.0504. The average Bonchev–Trinajstić information content (AvgIpc) is 2.45. The number of carbonyl (C=O) groups excluding carboxylic acids is 1. The third-order valence-corrected chi connectivity index (χ3v) is 2.68. The largest absolute Gasteiger partial charge is 0.395 e. The maximum atomic E-state index is 12.4. The van der Waals surface area contributed by atoms with Crippen LogP contribution in [0.5, 0.6) is 0 Å². The third kappa shape index (κ3) is 3.24. The number of nitrogens with zero attached hydrogens (tertiary/aromatic N) is 3. The van der Waals surface area contributed by atoms with E-state index < -0.39 is 18.9 Å². The summed E-state index contributed by atoms with van der Waals surface area (Å²) in [6.07, 6.45) is -1.42. The van der Waals surface area contributed by atoms with Crippen molar-refractivity contribution in [3.05, 3.63) is 36.2 Å². The monoisotopic (exact) mass is 281 g/mol. The fourth-order valence-corrected chi connectivity index (χ4v) is 1.79. The fraction of sp³-hybridized carbons (Fsp3) is 0.308. The summed E-state index contributed by atoms with van der Waals surface area (Å²) in [6.45, 7) is -1.30. The van der Waals surface area contributed by atoms with Gasteiger partial charge in [0.2, 0.25) is 0 Å². The van der Waals surface area contributed by atoms with Crippen LogP contribution in [0.15, 0.2) is 30.5 Å². The standard InChI is InChI=1S/C13H13F2N3O2/c14-12(15)8-18(5-6-19)13(20)11-7-16-9-3-1-2-4-10(9)17-11/h1-4,7,12,19H,5-6,8H2. The summed E-state index contributed by atoms with van der Waals surface area (Å²) >= 11 is 0. The lowest BCUT2D eigenvalue weighted by Crippen LogP contribution is -2.37. The van der Waals surface area contributed by atoms with E-state index in [0.29, 0.717) is 11.0 Å². The first kappa shape index (κ1) is 14.3. The molecular formula is C13H13F2N3O2. The van der Waals surface area contributed by atoms with E-state index in [4.69, 9.17) is 5.11 Å². The zero-order valence-electron chi connectivity index (χ0n) is 10.5. The Balaban J connectivity index is 2.28. The van der Waals surface area contributed by atoms with Crippen LogP contribution >= 0.6 is 0 Å². The highest BCUT2D eigenvalue weighted by molar-refractivity contribution is 5.93. The van der Waals surface area contributed by atoms with E-state index in [1.54, 1.807) is 24.3 Å². The molecular weight excluding hydrogens is 268 g/mol. The second-order valence-electron chi connectivity index (χ2n) is 4.11. The summed E-state index contributed by atoms with van der Waals surface area (Å²) in [5.74, 6) is -0.669. The Morgan fingerprint density at radius 1 is 1.30 bits per heavy atom. The van der Waals surface area contributed by atoms with Crippen LogP contribution in [-0.4, -0.2) is 52.0 Å². The second kappa shape index (κ2) is 6.33. The molecule has 2 aromatic rings. The number of halogens is 2. The molecule has 0 radical (unpaired) electrons. The number of fused-ring (bicyclic) bond motifs is 1. The third-order valence-electron chi connectivity index (χ3n) is 2.68. The van der Waals surface area contributed by atoms with Gasteiger partial charge in [0, 0.05) is 6.54 Å². The Morgan fingerprint density at radius 3 is 2.65 bits per heavy atom. The number of hydrogen-bond acceptors (Lipinski definition) is 4. The molecule has 106 valence electrons. The SMILES string of the molecule is O=C(c1cnc2ccccc2n1)N(CCO)CC(F)F. The molecule has 0 atom stereocenters. The van der Waals surface area contributed by atoms with Crippen LogP contribution in [0, 0.1) is 0 Å². The van der Waals surface area contributed by atoms with Crippen LogP contribution in [-0.2, 0) is 0 Å². The van der Waals surface area contributed by atoms with Crippen molar-refractivity contribution in [2.45, 2.75) is 6.43 Å². The maximum Gasteiger partial charge on any atom is 0.274 e. The molecule has 1 amide bonds. The van der Waals surface area contributed by atoms with E-state index in [0.717, 1.165) is 4.90 Å². The first-order valence-electron chi connectivity index (χ1n) is 6.02. The summed E-state index contributed by atoms with van der Waals surface area (Å²) in [4.78, 5) is 21.1. The first-order valence-corrected chi connectivity index (χ1v) is 6.02. The van der Waals surface area contributed by atoms with Gasteiger partial charge in [-0.25, -0.2) is 13.8 Å². The molecule has 0 aliphatic rings. The molecule has 0 aliphatic heterocycles. The van der Waals surface area contributed by atoms with E-state index in [2.05, 4.69) is 9.97 Å². The Labute approximate surface area is 113 Å². The number of carbonyl (C=O) groups is 1. The van der Waals surface area contributed by atoms with Crippen molar-refractivity contribution >= 4 is 16.9 Å². The van der Waals surface area contributed by atoms with Gasteiger partial charge < -0.3 is 10.0 Å². The van der Waals surface area contributed by atoms with E-state index in [9.17, 15) is 13.6 Å². The molecule has 0 bridgehead atoms. The van der Waals surface area contributed by atoms with E-state index in [1.807, 2.05) is 0 Å². The molecule has 1 heterocycles. The van der Waals surface area contributed by atoms with Crippen molar-refractivity contribution in [2.24, 2.45) is 0 Å².